The molecule has 0 bridgehead atoms. The molecule has 2 aliphatic rings. The first-order valence-corrected chi connectivity index (χ1v) is 14.9. The molecule has 0 saturated heterocycles. The van der Waals surface area contributed by atoms with Gasteiger partial charge in [-0.05, 0) is 45.6 Å². The van der Waals surface area contributed by atoms with Gasteiger partial charge >= 0.3 is 11.9 Å². The van der Waals surface area contributed by atoms with Crippen molar-refractivity contribution >= 4 is 40.7 Å². The van der Waals surface area contributed by atoms with Crippen LogP contribution in [0.1, 0.15) is 73.6 Å². The van der Waals surface area contributed by atoms with Gasteiger partial charge in [0.15, 0.2) is 28.4 Å². The summed E-state index contributed by atoms with van der Waals surface area (Å²) in [5.41, 5.74) is 0.835. The molecule has 1 aliphatic heterocycles. The molecule has 9 nitrogen and oxygen atoms in total. The van der Waals surface area contributed by atoms with E-state index in [4.69, 9.17) is 30.5 Å². The fourth-order valence-electron chi connectivity index (χ4n) is 5.24. The molecule has 13 heteroatoms. The highest BCUT2D eigenvalue weighted by Gasteiger charge is 2.38. The minimum Gasteiger partial charge on any atom is -0.466 e. The zero-order valence-electron chi connectivity index (χ0n) is 23.0. The number of benzene rings is 1. The van der Waals surface area contributed by atoms with E-state index in [9.17, 15) is 18.4 Å². The molecule has 0 N–H and O–H groups in total. The Morgan fingerprint density at radius 1 is 1.14 bits per heavy atom. The molecule has 2 aromatic heterocycles. The minimum atomic E-state index is -1.21. The van der Waals surface area contributed by atoms with Crippen molar-refractivity contribution in [1.82, 2.24) is 14.9 Å². The number of halogens is 3. The number of oxazole rings is 1. The van der Waals surface area contributed by atoms with E-state index in [1.54, 1.807) is 26.2 Å². The Balaban J connectivity index is 1.42. The SMILES string of the molecule is CCOC(=O)Cc1coc(C2CCC(N3C=C(C(=O)OCC)C(c4ccc(F)c(F)c4Cl)N=C3c3nccs3)CC2)n1. The molecule has 0 amide bonds. The normalized spacial score (nSPS) is 20.6. The molecule has 3 heterocycles. The lowest BCUT2D eigenvalue weighted by Crippen LogP contribution is -2.42. The van der Waals surface area contributed by atoms with E-state index in [0.717, 1.165) is 18.9 Å². The third-order valence-electron chi connectivity index (χ3n) is 7.20. The summed E-state index contributed by atoms with van der Waals surface area (Å²) in [4.78, 5) is 40.7. The van der Waals surface area contributed by atoms with E-state index in [1.807, 2.05) is 10.3 Å². The highest BCUT2D eigenvalue weighted by atomic mass is 35.5. The Hall–Kier alpha value is -3.64. The van der Waals surface area contributed by atoms with Crippen LogP contribution in [0.2, 0.25) is 5.02 Å². The average Bonchev–Trinajstić information content (AvgIpc) is 3.69. The summed E-state index contributed by atoms with van der Waals surface area (Å²) < 4.78 is 44.4. The summed E-state index contributed by atoms with van der Waals surface area (Å²) in [6, 6.07) is 1.22. The molecule has 222 valence electrons. The van der Waals surface area contributed by atoms with E-state index >= 15 is 0 Å². The number of hydrogen-bond donors (Lipinski definition) is 0. The summed E-state index contributed by atoms with van der Waals surface area (Å²) in [5, 5.41) is 1.98. The summed E-state index contributed by atoms with van der Waals surface area (Å²) in [7, 11) is 0. The third kappa shape index (κ3) is 6.24. The van der Waals surface area contributed by atoms with Gasteiger partial charge in [0.05, 0.1) is 35.9 Å². The number of aliphatic imine (C=N–C) groups is 1. The number of carbonyl (C=O) groups is 2. The molecule has 5 rings (SSSR count). The molecule has 1 saturated carbocycles. The van der Waals surface area contributed by atoms with Crippen LogP contribution < -0.4 is 0 Å². The Morgan fingerprint density at radius 2 is 1.90 bits per heavy atom. The lowest BCUT2D eigenvalue weighted by atomic mass is 9.84. The maximum atomic E-state index is 14.5. The second-order valence-electron chi connectivity index (χ2n) is 9.83. The number of esters is 2. The first kappa shape index (κ1) is 29.8. The highest BCUT2D eigenvalue weighted by molar-refractivity contribution is 7.11. The lowest BCUT2D eigenvalue weighted by molar-refractivity contribution is -0.142. The van der Waals surface area contributed by atoms with Crippen molar-refractivity contribution in [2.45, 2.75) is 64.0 Å². The summed E-state index contributed by atoms with van der Waals surface area (Å²) >= 11 is 7.60. The van der Waals surface area contributed by atoms with Crippen molar-refractivity contribution in [3.05, 3.63) is 80.6 Å². The van der Waals surface area contributed by atoms with Crippen LogP contribution in [0.5, 0.6) is 0 Å². The standard InChI is InChI=1S/C29H29ClF2N4O5S/c1-3-39-22(37)13-17-15-41-27(34-17)16-5-7-18(8-6-16)36-14-20(29(38)40-4-2)25(35-26(36)28-33-11-12-42-28)19-9-10-21(31)24(32)23(19)30/h9-12,14-16,18,25H,3-8,13H2,1-2H3. The van der Waals surface area contributed by atoms with Crippen LogP contribution in [0, 0.1) is 11.6 Å². The van der Waals surface area contributed by atoms with Gasteiger partial charge in [-0.3, -0.25) is 9.79 Å². The van der Waals surface area contributed by atoms with Gasteiger partial charge in [0, 0.05) is 35.3 Å². The van der Waals surface area contributed by atoms with Crippen molar-refractivity contribution in [1.29, 1.82) is 0 Å². The summed E-state index contributed by atoms with van der Waals surface area (Å²) in [5.74, 6) is -2.14. The van der Waals surface area contributed by atoms with Gasteiger partial charge < -0.3 is 18.8 Å². The number of aromatic nitrogens is 2. The maximum Gasteiger partial charge on any atom is 0.338 e. The minimum absolute atomic E-state index is 0.0522. The van der Waals surface area contributed by atoms with Gasteiger partial charge in [-0.1, -0.05) is 17.7 Å². The van der Waals surface area contributed by atoms with E-state index in [0.29, 0.717) is 41.9 Å². The number of ether oxygens (including phenoxy) is 2. The van der Waals surface area contributed by atoms with E-state index in [1.165, 1.54) is 23.7 Å². The molecular weight excluding hydrogens is 590 g/mol. The van der Waals surface area contributed by atoms with E-state index in [-0.39, 0.29) is 42.1 Å². The topological polar surface area (TPSA) is 107 Å². The number of carbonyl (C=O) groups excluding carboxylic acids is 2. The predicted octanol–water partition coefficient (Wildman–Crippen LogP) is 6.15. The van der Waals surface area contributed by atoms with Crippen LogP contribution in [0.25, 0.3) is 0 Å². The Bertz CT molecular complexity index is 1500. The van der Waals surface area contributed by atoms with Crippen LogP contribution in [-0.2, 0) is 25.5 Å². The molecular formula is C29H29ClF2N4O5S. The quantitative estimate of drug-likeness (QED) is 0.208. The molecule has 0 radical (unpaired) electrons. The molecule has 3 aromatic rings. The van der Waals surface area contributed by atoms with E-state index < -0.39 is 28.7 Å². The second kappa shape index (κ2) is 13.1. The number of thiazole rings is 1. The van der Waals surface area contributed by atoms with Crippen molar-refractivity contribution in [2.75, 3.05) is 13.2 Å². The summed E-state index contributed by atoms with van der Waals surface area (Å²) in [6.07, 6.45) is 7.80. The van der Waals surface area contributed by atoms with Gasteiger partial charge in [-0.25, -0.2) is 23.5 Å². The Kier molecular flexibility index (Phi) is 9.32. The summed E-state index contributed by atoms with van der Waals surface area (Å²) in [6.45, 7) is 3.86. The molecule has 0 spiro atoms. The highest BCUT2D eigenvalue weighted by Crippen LogP contribution is 2.41. The van der Waals surface area contributed by atoms with Gasteiger partial charge in [-0.15, -0.1) is 11.3 Å². The number of nitrogens with zero attached hydrogens (tertiary/aromatic N) is 4. The smallest absolute Gasteiger partial charge is 0.338 e. The molecule has 1 fully saturated rings. The number of hydrogen-bond acceptors (Lipinski definition) is 10. The maximum absolute atomic E-state index is 14.5. The zero-order chi connectivity index (χ0) is 29.8. The second-order valence-corrected chi connectivity index (χ2v) is 11.1. The largest absolute Gasteiger partial charge is 0.466 e. The lowest BCUT2D eigenvalue weighted by Gasteiger charge is -2.39. The van der Waals surface area contributed by atoms with Gasteiger partial charge in [0.2, 0.25) is 0 Å². The Labute approximate surface area is 250 Å². The first-order valence-electron chi connectivity index (χ1n) is 13.7. The molecule has 1 aliphatic carbocycles. The molecule has 42 heavy (non-hydrogen) atoms. The zero-order valence-corrected chi connectivity index (χ0v) is 24.6. The third-order valence-corrected chi connectivity index (χ3v) is 8.36. The van der Waals surface area contributed by atoms with Crippen molar-refractivity contribution < 1.29 is 32.3 Å². The van der Waals surface area contributed by atoms with E-state index in [2.05, 4.69) is 9.97 Å². The number of rotatable bonds is 9. The van der Waals surface area contributed by atoms with Gasteiger partial charge in [-0.2, -0.15) is 0 Å². The van der Waals surface area contributed by atoms with Crippen LogP contribution in [0.3, 0.4) is 0 Å². The molecule has 1 unspecified atom stereocenters. The fourth-order valence-corrected chi connectivity index (χ4v) is 6.13. The van der Waals surface area contributed by atoms with Gasteiger partial charge in [0.25, 0.3) is 0 Å². The Morgan fingerprint density at radius 3 is 2.60 bits per heavy atom. The van der Waals surface area contributed by atoms with Crippen LogP contribution in [0.4, 0.5) is 8.78 Å². The first-order chi connectivity index (χ1) is 20.3. The average molecular weight is 619 g/mol. The van der Waals surface area contributed by atoms with Crippen LogP contribution >= 0.6 is 22.9 Å². The fraction of sp³-hybridized carbons (Fsp3) is 0.414. The van der Waals surface area contributed by atoms with Crippen LogP contribution in [-0.4, -0.2) is 51.9 Å². The predicted molar refractivity (Wildman–Crippen MR) is 151 cm³/mol. The number of amidine groups is 1. The van der Waals surface area contributed by atoms with Crippen molar-refractivity contribution in [2.24, 2.45) is 4.99 Å². The monoisotopic (exact) mass is 618 g/mol. The molecule has 1 aromatic carbocycles. The van der Waals surface area contributed by atoms with Crippen molar-refractivity contribution in [3.63, 3.8) is 0 Å². The molecule has 1 atom stereocenters. The van der Waals surface area contributed by atoms with Crippen molar-refractivity contribution in [3.8, 4) is 0 Å². The van der Waals surface area contributed by atoms with Crippen LogP contribution in [0.15, 0.2) is 51.2 Å². The van der Waals surface area contributed by atoms with Gasteiger partial charge in [0.1, 0.15) is 12.3 Å².